The third kappa shape index (κ3) is 2.54. The highest BCUT2D eigenvalue weighted by molar-refractivity contribution is 7.07. The summed E-state index contributed by atoms with van der Waals surface area (Å²) in [6.07, 6.45) is 0. The maximum absolute atomic E-state index is 9.10. The molecule has 0 radical (unpaired) electrons. The first-order valence-electron chi connectivity index (χ1n) is 6.00. The Morgan fingerprint density at radius 2 is 1.89 bits per heavy atom. The fourth-order valence-electron chi connectivity index (χ4n) is 1.95. The third-order valence-electron chi connectivity index (χ3n) is 2.96. The summed E-state index contributed by atoms with van der Waals surface area (Å²) in [5.41, 5.74) is 4.53. The predicted octanol–water partition coefficient (Wildman–Crippen LogP) is 2.70. The molecule has 18 heavy (non-hydrogen) atoms. The van der Waals surface area contributed by atoms with Gasteiger partial charge in [0.25, 0.3) is 0 Å². The number of hydrogen-bond acceptors (Lipinski definition) is 3. The lowest BCUT2D eigenvalue weighted by molar-refractivity contribution is 0.273. The number of aliphatic hydroxyl groups excluding tert-OH is 1. The molecule has 0 atom stereocenters. The highest BCUT2D eigenvalue weighted by Crippen LogP contribution is 2.22. The summed E-state index contributed by atoms with van der Waals surface area (Å²) in [5, 5.41) is 11.2. The second kappa shape index (κ2) is 5.50. The van der Waals surface area contributed by atoms with Crippen LogP contribution in [-0.4, -0.2) is 16.3 Å². The molecule has 0 unspecified atom stereocenters. The van der Waals surface area contributed by atoms with E-state index in [9.17, 15) is 0 Å². The van der Waals surface area contributed by atoms with Gasteiger partial charge in [0.2, 0.25) is 0 Å². The third-order valence-corrected chi connectivity index (χ3v) is 3.94. The van der Waals surface area contributed by atoms with Crippen LogP contribution in [-0.2, 0) is 6.54 Å². The lowest BCUT2D eigenvalue weighted by Gasteiger charge is -2.05. The molecule has 0 aliphatic rings. The molecule has 4 heteroatoms. The van der Waals surface area contributed by atoms with Gasteiger partial charge in [0.15, 0.2) is 4.80 Å². The summed E-state index contributed by atoms with van der Waals surface area (Å²) in [6.45, 7) is 6.91. The van der Waals surface area contributed by atoms with Gasteiger partial charge in [-0.2, -0.15) is 0 Å². The van der Waals surface area contributed by atoms with Crippen LogP contribution < -0.4 is 4.80 Å². The van der Waals surface area contributed by atoms with Crippen LogP contribution in [0.3, 0.4) is 0 Å². The number of aliphatic hydroxyl groups is 1. The molecule has 0 aliphatic carbocycles. The van der Waals surface area contributed by atoms with Gasteiger partial charge in [-0.1, -0.05) is 18.2 Å². The van der Waals surface area contributed by atoms with E-state index in [4.69, 9.17) is 10.1 Å². The van der Waals surface area contributed by atoms with E-state index in [0.29, 0.717) is 6.54 Å². The van der Waals surface area contributed by atoms with Gasteiger partial charge in [0.05, 0.1) is 12.3 Å². The van der Waals surface area contributed by atoms with Crippen molar-refractivity contribution in [2.24, 2.45) is 4.99 Å². The van der Waals surface area contributed by atoms with Crippen LogP contribution in [0.1, 0.15) is 16.8 Å². The molecule has 1 heterocycles. The zero-order valence-electron chi connectivity index (χ0n) is 11.0. The van der Waals surface area contributed by atoms with Gasteiger partial charge in [-0.15, -0.1) is 11.3 Å². The number of hydrogen-bond donors (Lipinski definition) is 1. The topological polar surface area (TPSA) is 37.5 Å². The van der Waals surface area contributed by atoms with Crippen molar-refractivity contribution in [3.05, 3.63) is 45.2 Å². The van der Waals surface area contributed by atoms with Gasteiger partial charge >= 0.3 is 0 Å². The minimum absolute atomic E-state index is 0.136. The Morgan fingerprint density at radius 3 is 2.50 bits per heavy atom. The van der Waals surface area contributed by atoms with Crippen molar-refractivity contribution in [1.82, 2.24) is 4.57 Å². The summed E-state index contributed by atoms with van der Waals surface area (Å²) >= 11 is 1.61. The number of rotatable bonds is 3. The van der Waals surface area contributed by atoms with Crippen molar-refractivity contribution in [3.63, 3.8) is 0 Å². The molecule has 0 saturated carbocycles. The van der Waals surface area contributed by atoms with Crippen molar-refractivity contribution in [3.8, 4) is 0 Å². The number of aromatic nitrogens is 1. The Kier molecular flexibility index (Phi) is 3.99. The lowest BCUT2D eigenvalue weighted by atomic mass is 10.1. The molecule has 1 aromatic carbocycles. The average Bonchev–Trinajstić information content (AvgIpc) is 2.67. The van der Waals surface area contributed by atoms with Gasteiger partial charge in [0.1, 0.15) is 0 Å². The van der Waals surface area contributed by atoms with Crippen molar-refractivity contribution in [2.75, 3.05) is 6.61 Å². The molecule has 2 aromatic rings. The monoisotopic (exact) mass is 262 g/mol. The molecule has 0 bridgehead atoms. The molecule has 1 aromatic heterocycles. The van der Waals surface area contributed by atoms with E-state index >= 15 is 0 Å². The average molecular weight is 262 g/mol. The smallest absolute Gasteiger partial charge is 0.190 e. The quantitative estimate of drug-likeness (QED) is 0.907. The fraction of sp³-hybridized carbons (Fsp3) is 0.357. The Balaban J connectivity index is 2.57. The first kappa shape index (κ1) is 13.1. The largest absolute Gasteiger partial charge is 0.395 e. The van der Waals surface area contributed by atoms with Gasteiger partial charge in [-0.25, -0.2) is 4.99 Å². The predicted molar refractivity (Wildman–Crippen MR) is 75.3 cm³/mol. The Hall–Kier alpha value is -1.39. The van der Waals surface area contributed by atoms with Gasteiger partial charge in [-0.05, 0) is 31.9 Å². The summed E-state index contributed by atoms with van der Waals surface area (Å²) in [5.74, 6) is 0. The lowest BCUT2D eigenvalue weighted by Crippen LogP contribution is -2.18. The fourth-order valence-corrected chi connectivity index (χ4v) is 2.86. The highest BCUT2D eigenvalue weighted by atomic mass is 32.1. The second-order valence-corrected chi connectivity index (χ2v) is 5.22. The van der Waals surface area contributed by atoms with Crippen molar-refractivity contribution in [2.45, 2.75) is 27.3 Å². The first-order chi connectivity index (χ1) is 8.63. The minimum Gasteiger partial charge on any atom is -0.395 e. The van der Waals surface area contributed by atoms with Gasteiger partial charge in [0, 0.05) is 17.6 Å². The van der Waals surface area contributed by atoms with Crippen LogP contribution in [0.15, 0.2) is 28.6 Å². The molecular formula is C14H18N2OS. The normalized spacial score (nSPS) is 12.1. The van der Waals surface area contributed by atoms with Crippen LogP contribution >= 0.6 is 11.3 Å². The summed E-state index contributed by atoms with van der Waals surface area (Å²) in [4.78, 5) is 5.69. The molecular weight excluding hydrogens is 244 g/mol. The Bertz CT molecular complexity index is 590. The minimum atomic E-state index is 0.136. The van der Waals surface area contributed by atoms with Gasteiger partial charge < -0.3 is 9.67 Å². The maximum atomic E-state index is 9.10. The Labute approximate surface area is 111 Å². The van der Waals surface area contributed by atoms with E-state index in [2.05, 4.69) is 35.9 Å². The molecule has 0 aliphatic heterocycles. The summed E-state index contributed by atoms with van der Waals surface area (Å²) in [6, 6.07) is 6.19. The van der Waals surface area contributed by atoms with Crippen molar-refractivity contribution >= 4 is 17.0 Å². The molecule has 96 valence electrons. The van der Waals surface area contributed by atoms with Gasteiger partial charge in [-0.3, -0.25) is 0 Å². The highest BCUT2D eigenvalue weighted by Gasteiger charge is 2.03. The van der Waals surface area contributed by atoms with Crippen LogP contribution in [0.5, 0.6) is 0 Å². The van der Waals surface area contributed by atoms with E-state index in [-0.39, 0.29) is 6.61 Å². The number of nitrogens with zero attached hydrogens (tertiary/aromatic N) is 2. The van der Waals surface area contributed by atoms with Crippen LogP contribution in [0, 0.1) is 20.8 Å². The zero-order chi connectivity index (χ0) is 13.1. The van der Waals surface area contributed by atoms with E-state index in [0.717, 1.165) is 16.2 Å². The maximum Gasteiger partial charge on any atom is 0.190 e. The summed E-state index contributed by atoms with van der Waals surface area (Å²) < 4.78 is 2.05. The number of aryl methyl sites for hydroxylation is 3. The molecule has 1 N–H and O–H groups in total. The molecule has 3 nitrogen and oxygen atoms in total. The van der Waals surface area contributed by atoms with Crippen LogP contribution in [0.4, 0.5) is 5.69 Å². The summed E-state index contributed by atoms with van der Waals surface area (Å²) in [7, 11) is 0. The first-order valence-corrected chi connectivity index (χ1v) is 6.88. The van der Waals surface area contributed by atoms with E-state index < -0.39 is 0 Å². The molecule has 0 fully saturated rings. The molecule has 0 saturated heterocycles. The number of benzene rings is 1. The van der Waals surface area contributed by atoms with E-state index in [1.54, 1.807) is 11.3 Å². The Morgan fingerprint density at radius 1 is 1.22 bits per heavy atom. The number of thiazole rings is 1. The van der Waals surface area contributed by atoms with Crippen LogP contribution in [0.2, 0.25) is 0 Å². The van der Waals surface area contributed by atoms with Crippen molar-refractivity contribution in [1.29, 1.82) is 0 Å². The van der Waals surface area contributed by atoms with Crippen LogP contribution in [0.25, 0.3) is 0 Å². The second-order valence-electron chi connectivity index (χ2n) is 4.39. The van der Waals surface area contributed by atoms with Crippen molar-refractivity contribution < 1.29 is 5.11 Å². The molecule has 2 rings (SSSR count). The number of para-hydroxylation sites is 1. The zero-order valence-corrected chi connectivity index (χ0v) is 11.8. The molecule has 0 spiro atoms. The van der Waals surface area contributed by atoms with E-state index in [1.807, 2.05) is 13.0 Å². The molecule has 0 amide bonds. The van der Waals surface area contributed by atoms with E-state index in [1.165, 1.54) is 11.1 Å². The SMILES string of the molecule is Cc1cccc(C)c1N=c1scc(C)n1CCO. The standard InChI is InChI=1S/C14H18N2OS/c1-10-5-4-6-11(2)13(10)15-14-16(7-8-17)12(3)9-18-14/h4-6,9,17H,7-8H2,1-3H3.